The molecule has 2 rings (SSSR count). The van der Waals surface area contributed by atoms with Crippen molar-refractivity contribution in [2.75, 3.05) is 5.75 Å². The van der Waals surface area contributed by atoms with Crippen LogP contribution in [0.15, 0.2) is 23.4 Å². The number of aryl methyl sites for hydroxylation is 2. The number of aromatic nitrogens is 2. The lowest BCUT2D eigenvalue weighted by Crippen LogP contribution is -2.09. The first kappa shape index (κ1) is 15.6. The molecule has 0 saturated carbocycles. The van der Waals surface area contributed by atoms with Gasteiger partial charge < -0.3 is 0 Å². The Bertz CT molecular complexity index is 661. The maximum atomic E-state index is 13.5. The minimum atomic E-state index is -0.849. The molecule has 0 bridgehead atoms. The summed E-state index contributed by atoms with van der Waals surface area (Å²) in [5.41, 5.74) is 2.14. The Hall–Kier alpha value is -1.82. The van der Waals surface area contributed by atoms with E-state index in [1.54, 1.807) is 0 Å². The topological polar surface area (TPSA) is 42.9 Å². The van der Waals surface area contributed by atoms with E-state index in [0.29, 0.717) is 5.16 Å². The van der Waals surface area contributed by atoms with Gasteiger partial charge in [-0.1, -0.05) is 17.8 Å². The average molecular weight is 308 g/mol. The Balaban J connectivity index is 2.15. The van der Waals surface area contributed by atoms with E-state index in [9.17, 15) is 13.6 Å². The fraction of sp³-hybridized carbons (Fsp3) is 0.267. The molecule has 3 nitrogen and oxygen atoms in total. The van der Waals surface area contributed by atoms with Crippen LogP contribution in [0.2, 0.25) is 0 Å². The Labute approximate surface area is 125 Å². The maximum absolute atomic E-state index is 13.5. The van der Waals surface area contributed by atoms with Gasteiger partial charge in [-0.2, -0.15) is 0 Å². The highest BCUT2D eigenvalue weighted by Gasteiger charge is 2.17. The number of Topliss-reactive ketones (excluding diaryl/α,β-unsaturated/α-hetero) is 1. The van der Waals surface area contributed by atoms with Crippen LogP contribution in [0.3, 0.4) is 0 Å². The van der Waals surface area contributed by atoms with E-state index in [-0.39, 0.29) is 5.75 Å². The highest BCUT2D eigenvalue weighted by molar-refractivity contribution is 7.99. The summed E-state index contributed by atoms with van der Waals surface area (Å²) in [6.07, 6.45) is 0. The SMILES string of the molecule is Cc1nc(SCC(=O)c2c(F)cccc2F)nc(C)c1C. The van der Waals surface area contributed by atoms with Crippen LogP contribution >= 0.6 is 11.8 Å². The third kappa shape index (κ3) is 3.44. The third-order valence-corrected chi connectivity index (χ3v) is 4.03. The number of thioether (sulfide) groups is 1. The number of carbonyl (C=O) groups excluding carboxylic acids is 1. The highest BCUT2D eigenvalue weighted by atomic mass is 32.2. The van der Waals surface area contributed by atoms with Gasteiger partial charge in [-0.15, -0.1) is 0 Å². The number of benzene rings is 1. The second kappa shape index (κ2) is 6.30. The second-order valence-corrected chi connectivity index (χ2v) is 5.55. The minimum absolute atomic E-state index is 0.111. The smallest absolute Gasteiger partial charge is 0.188 e. The van der Waals surface area contributed by atoms with E-state index in [0.717, 1.165) is 40.8 Å². The first-order valence-electron chi connectivity index (χ1n) is 6.32. The fourth-order valence-corrected chi connectivity index (χ4v) is 2.58. The van der Waals surface area contributed by atoms with Gasteiger partial charge in [0.2, 0.25) is 0 Å². The van der Waals surface area contributed by atoms with Crippen molar-refractivity contribution >= 4 is 17.5 Å². The average Bonchev–Trinajstić information content (AvgIpc) is 2.42. The molecule has 0 N–H and O–H groups in total. The lowest BCUT2D eigenvalue weighted by atomic mass is 10.1. The molecule has 0 aliphatic carbocycles. The van der Waals surface area contributed by atoms with Crippen molar-refractivity contribution in [3.63, 3.8) is 0 Å². The van der Waals surface area contributed by atoms with Crippen molar-refractivity contribution < 1.29 is 13.6 Å². The molecule has 0 atom stereocenters. The lowest BCUT2D eigenvalue weighted by molar-refractivity contribution is 0.101. The lowest BCUT2D eigenvalue weighted by Gasteiger charge is -2.07. The summed E-state index contributed by atoms with van der Waals surface area (Å²) in [6, 6.07) is 3.36. The quantitative estimate of drug-likeness (QED) is 0.491. The van der Waals surface area contributed by atoms with Gasteiger partial charge in [0, 0.05) is 11.4 Å². The molecule has 1 aromatic heterocycles. The molecule has 0 aliphatic heterocycles. The third-order valence-electron chi connectivity index (χ3n) is 3.19. The maximum Gasteiger partial charge on any atom is 0.188 e. The van der Waals surface area contributed by atoms with Crippen molar-refractivity contribution in [3.05, 3.63) is 52.3 Å². The van der Waals surface area contributed by atoms with Crippen LogP contribution in [0, 0.1) is 32.4 Å². The highest BCUT2D eigenvalue weighted by Crippen LogP contribution is 2.20. The largest absolute Gasteiger partial charge is 0.293 e. The molecule has 0 fully saturated rings. The van der Waals surface area contributed by atoms with E-state index in [1.165, 1.54) is 6.07 Å². The summed E-state index contributed by atoms with van der Waals surface area (Å²) < 4.78 is 27.0. The zero-order valence-corrected chi connectivity index (χ0v) is 12.7. The van der Waals surface area contributed by atoms with Crippen molar-refractivity contribution in [2.45, 2.75) is 25.9 Å². The number of hydrogen-bond acceptors (Lipinski definition) is 4. The molecule has 0 saturated heterocycles. The van der Waals surface area contributed by atoms with Gasteiger partial charge >= 0.3 is 0 Å². The number of rotatable bonds is 4. The molecule has 0 radical (unpaired) electrons. The molecular weight excluding hydrogens is 294 g/mol. The van der Waals surface area contributed by atoms with E-state index in [4.69, 9.17) is 0 Å². The molecule has 0 unspecified atom stereocenters. The van der Waals surface area contributed by atoms with Gasteiger partial charge in [0.1, 0.15) is 11.6 Å². The Morgan fingerprint density at radius 2 is 1.62 bits per heavy atom. The number of nitrogens with zero attached hydrogens (tertiary/aromatic N) is 2. The Kier molecular flexibility index (Phi) is 4.67. The fourth-order valence-electron chi connectivity index (χ4n) is 1.77. The van der Waals surface area contributed by atoms with Crippen LogP contribution in [0.25, 0.3) is 0 Å². The van der Waals surface area contributed by atoms with Crippen LogP contribution in [-0.2, 0) is 0 Å². The molecule has 21 heavy (non-hydrogen) atoms. The van der Waals surface area contributed by atoms with Crippen molar-refractivity contribution in [1.82, 2.24) is 9.97 Å². The zero-order valence-electron chi connectivity index (χ0n) is 11.9. The molecule has 0 spiro atoms. The number of ketones is 1. The van der Waals surface area contributed by atoms with Gasteiger partial charge in [0.15, 0.2) is 10.9 Å². The van der Waals surface area contributed by atoms with Gasteiger partial charge in [-0.05, 0) is 38.5 Å². The minimum Gasteiger partial charge on any atom is -0.293 e. The summed E-state index contributed by atoms with van der Waals surface area (Å²) in [4.78, 5) is 20.5. The van der Waals surface area contributed by atoms with Crippen LogP contribution in [0.5, 0.6) is 0 Å². The first-order valence-corrected chi connectivity index (χ1v) is 7.30. The van der Waals surface area contributed by atoms with E-state index in [1.807, 2.05) is 20.8 Å². The van der Waals surface area contributed by atoms with Gasteiger partial charge in [0.25, 0.3) is 0 Å². The number of hydrogen-bond donors (Lipinski definition) is 0. The molecule has 6 heteroatoms. The Morgan fingerprint density at radius 1 is 1.10 bits per heavy atom. The van der Waals surface area contributed by atoms with Crippen LogP contribution < -0.4 is 0 Å². The molecule has 0 amide bonds. The summed E-state index contributed by atoms with van der Waals surface area (Å²) in [5.74, 6) is -2.43. The van der Waals surface area contributed by atoms with Gasteiger partial charge in [0.05, 0.1) is 11.3 Å². The Morgan fingerprint density at radius 3 is 2.14 bits per heavy atom. The molecule has 0 aliphatic rings. The summed E-state index contributed by atoms with van der Waals surface area (Å²) >= 11 is 1.07. The van der Waals surface area contributed by atoms with Gasteiger partial charge in [-0.25, -0.2) is 18.7 Å². The van der Waals surface area contributed by atoms with E-state index >= 15 is 0 Å². The zero-order chi connectivity index (χ0) is 15.6. The van der Waals surface area contributed by atoms with E-state index in [2.05, 4.69) is 9.97 Å². The standard InChI is InChI=1S/C15H14F2N2OS/c1-8-9(2)18-15(19-10(8)3)21-7-13(20)14-11(16)5-4-6-12(14)17/h4-6H,7H2,1-3H3. The monoisotopic (exact) mass is 308 g/mol. The molecule has 1 heterocycles. The predicted octanol–water partition coefficient (Wildman–Crippen LogP) is 3.66. The predicted molar refractivity (Wildman–Crippen MR) is 77.7 cm³/mol. The number of carbonyl (C=O) groups is 1. The molecule has 1 aromatic carbocycles. The van der Waals surface area contributed by atoms with Crippen molar-refractivity contribution in [2.24, 2.45) is 0 Å². The summed E-state index contributed by atoms with van der Waals surface area (Å²) in [6.45, 7) is 5.62. The van der Waals surface area contributed by atoms with Crippen LogP contribution in [-0.4, -0.2) is 21.5 Å². The van der Waals surface area contributed by atoms with Gasteiger partial charge in [-0.3, -0.25) is 4.79 Å². The van der Waals surface area contributed by atoms with Crippen LogP contribution in [0.4, 0.5) is 8.78 Å². The summed E-state index contributed by atoms with van der Waals surface area (Å²) in [5, 5.41) is 0.431. The van der Waals surface area contributed by atoms with Crippen LogP contribution in [0.1, 0.15) is 27.3 Å². The van der Waals surface area contributed by atoms with Crippen molar-refractivity contribution in [1.29, 1.82) is 0 Å². The second-order valence-electron chi connectivity index (χ2n) is 4.61. The summed E-state index contributed by atoms with van der Waals surface area (Å²) in [7, 11) is 0. The normalized spacial score (nSPS) is 10.7. The molecule has 110 valence electrons. The van der Waals surface area contributed by atoms with Crippen molar-refractivity contribution in [3.8, 4) is 0 Å². The van der Waals surface area contributed by atoms with E-state index < -0.39 is 23.0 Å². The number of halogens is 2. The molecule has 2 aromatic rings. The first-order chi connectivity index (χ1) is 9.90. The molecular formula is C15H14F2N2OS.